The summed E-state index contributed by atoms with van der Waals surface area (Å²) in [6.45, 7) is 4.08. The summed E-state index contributed by atoms with van der Waals surface area (Å²) in [5.41, 5.74) is 0. The Labute approximate surface area is 158 Å². The van der Waals surface area contributed by atoms with Crippen LogP contribution in [0.15, 0.2) is 0 Å². The first kappa shape index (κ1) is 22.2. The Hall–Kier alpha value is -1.81. The maximum atomic E-state index is 12.6. The third kappa shape index (κ3) is 7.61. The highest BCUT2D eigenvalue weighted by Crippen LogP contribution is 2.09. The van der Waals surface area contributed by atoms with Gasteiger partial charge in [-0.15, -0.1) is 0 Å². The molecule has 10 heteroatoms. The first-order valence-corrected chi connectivity index (χ1v) is 9.32. The standard InChI is InChI=1S/C16H28N4O5S/c1-9(2)6-11(19-15(24)10-4-3-5-17-10)16(25)20-12(8-26)14(23)18-7-13(21)22/h9-12,17,26H,3-8H2,1-2H3,(H,18,23)(H,19,24)(H,20,25)(H,21,22). The summed E-state index contributed by atoms with van der Waals surface area (Å²) < 4.78 is 0. The Morgan fingerprint density at radius 1 is 1.15 bits per heavy atom. The van der Waals surface area contributed by atoms with E-state index in [2.05, 4.69) is 33.9 Å². The quantitative estimate of drug-likeness (QED) is 0.263. The molecule has 3 amide bonds. The molecule has 3 atom stereocenters. The Morgan fingerprint density at radius 2 is 1.85 bits per heavy atom. The molecule has 0 aliphatic carbocycles. The lowest BCUT2D eigenvalue weighted by molar-refractivity contribution is -0.138. The van der Waals surface area contributed by atoms with Gasteiger partial charge >= 0.3 is 5.97 Å². The summed E-state index contributed by atoms with van der Waals surface area (Å²) in [6, 6.07) is -2.07. The summed E-state index contributed by atoms with van der Waals surface area (Å²) in [5, 5.41) is 19.2. The smallest absolute Gasteiger partial charge is 0.322 e. The molecule has 0 aromatic heterocycles. The predicted octanol–water partition coefficient (Wildman–Crippen LogP) is -1.12. The van der Waals surface area contributed by atoms with Gasteiger partial charge < -0.3 is 26.4 Å². The van der Waals surface area contributed by atoms with Crippen LogP contribution >= 0.6 is 12.6 Å². The summed E-state index contributed by atoms with van der Waals surface area (Å²) in [7, 11) is 0. The fourth-order valence-corrected chi connectivity index (χ4v) is 2.89. The molecule has 1 fully saturated rings. The molecule has 0 bridgehead atoms. The van der Waals surface area contributed by atoms with E-state index in [4.69, 9.17) is 5.11 Å². The van der Waals surface area contributed by atoms with Crippen molar-refractivity contribution in [1.29, 1.82) is 0 Å². The molecule has 1 saturated heterocycles. The van der Waals surface area contributed by atoms with Crippen LogP contribution in [0, 0.1) is 5.92 Å². The summed E-state index contributed by atoms with van der Waals surface area (Å²) >= 11 is 4.03. The van der Waals surface area contributed by atoms with E-state index in [9.17, 15) is 19.2 Å². The van der Waals surface area contributed by atoms with Gasteiger partial charge in [0, 0.05) is 5.75 Å². The lowest BCUT2D eigenvalue weighted by Gasteiger charge is -2.24. The van der Waals surface area contributed by atoms with E-state index < -0.39 is 36.4 Å². The fourth-order valence-electron chi connectivity index (χ4n) is 2.64. The first-order valence-electron chi connectivity index (χ1n) is 8.69. The van der Waals surface area contributed by atoms with Crippen LogP contribution in [0.4, 0.5) is 0 Å². The number of nitrogens with one attached hydrogen (secondary N) is 4. The van der Waals surface area contributed by atoms with Crippen LogP contribution in [0.3, 0.4) is 0 Å². The number of rotatable bonds is 10. The van der Waals surface area contributed by atoms with Gasteiger partial charge in [-0.2, -0.15) is 12.6 Å². The van der Waals surface area contributed by atoms with Crippen molar-refractivity contribution in [3.63, 3.8) is 0 Å². The van der Waals surface area contributed by atoms with Crippen LogP contribution in [0.2, 0.25) is 0 Å². The van der Waals surface area contributed by atoms with E-state index in [1.54, 1.807) is 0 Å². The van der Waals surface area contributed by atoms with E-state index in [1.807, 2.05) is 13.8 Å². The fraction of sp³-hybridized carbons (Fsp3) is 0.750. The molecule has 1 rings (SSSR count). The van der Waals surface area contributed by atoms with E-state index in [1.165, 1.54) is 0 Å². The zero-order valence-electron chi connectivity index (χ0n) is 15.1. The van der Waals surface area contributed by atoms with Crippen molar-refractivity contribution in [3.05, 3.63) is 0 Å². The van der Waals surface area contributed by atoms with Gasteiger partial charge in [-0.25, -0.2) is 0 Å². The van der Waals surface area contributed by atoms with Gasteiger partial charge in [-0.05, 0) is 31.7 Å². The molecule has 0 aromatic rings. The van der Waals surface area contributed by atoms with Crippen LogP contribution < -0.4 is 21.3 Å². The Bertz CT molecular complexity index is 523. The average molecular weight is 388 g/mol. The Morgan fingerprint density at radius 3 is 2.35 bits per heavy atom. The monoisotopic (exact) mass is 388 g/mol. The number of carbonyl (C=O) groups is 4. The number of hydrogen-bond acceptors (Lipinski definition) is 6. The normalized spacial score (nSPS) is 18.8. The van der Waals surface area contributed by atoms with Crippen molar-refractivity contribution in [2.24, 2.45) is 5.92 Å². The zero-order valence-corrected chi connectivity index (χ0v) is 16.0. The molecule has 1 aliphatic heterocycles. The third-order valence-corrected chi connectivity index (χ3v) is 4.31. The van der Waals surface area contributed by atoms with Crippen molar-refractivity contribution < 1.29 is 24.3 Å². The van der Waals surface area contributed by atoms with Crippen molar-refractivity contribution >= 4 is 36.3 Å². The van der Waals surface area contributed by atoms with E-state index in [0.717, 1.165) is 19.4 Å². The molecular weight excluding hydrogens is 360 g/mol. The summed E-state index contributed by atoms with van der Waals surface area (Å²) in [6.07, 6.45) is 2.05. The van der Waals surface area contributed by atoms with Gasteiger partial charge in [-0.1, -0.05) is 13.8 Å². The minimum Gasteiger partial charge on any atom is -0.480 e. The number of thiol groups is 1. The molecule has 0 spiro atoms. The lowest BCUT2D eigenvalue weighted by atomic mass is 10.0. The van der Waals surface area contributed by atoms with Crippen LogP contribution in [-0.2, 0) is 19.2 Å². The van der Waals surface area contributed by atoms with Gasteiger partial charge in [0.05, 0.1) is 6.04 Å². The molecule has 3 unspecified atom stereocenters. The molecule has 1 aliphatic rings. The molecule has 0 saturated carbocycles. The lowest BCUT2D eigenvalue weighted by Crippen LogP contribution is -2.56. The second-order valence-electron chi connectivity index (χ2n) is 6.69. The zero-order chi connectivity index (χ0) is 19.7. The number of carboxylic acids is 1. The van der Waals surface area contributed by atoms with E-state index in [0.29, 0.717) is 6.42 Å². The molecule has 26 heavy (non-hydrogen) atoms. The van der Waals surface area contributed by atoms with Crippen molar-refractivity contribution in [1.82, 2.24) is 21.3 Å². The van der Waals surface area contributed by atoms with Crippen molar-refractivity contribution in [2.45, 2.75) is 51.2 Å². The SMILES string of the molecule is CC(C)CC(NC(=O)C1CCCN1)C(=O)NC(CS)C(=O)NCC(=O)O. The van der Waals surface area contributed by atoms with Gasteiger partial charge in [0.2, 0.25) is 17.7 Å². The first-order chi connectivity index (χ1) is 12.2. The second-order valence-corrected chi connectivity index (χ2v) is 7.06. The summed E-state index contributed by atoms with van der Waals surface area (Å²) in [5.74, 6) is -2.39. The molecule has 5 N–H and O–H groups in total. The molecule has 1 heterocycles. The molecule has 9 nitrogen and oxygen atoms in total. The van der Waals surface area contributed by atoms with Crippen molar-refractivity contribution in [3.8, 4) is 0 Å². The van der Waals surface area contributed by atoms with Gasteiger partial charge in [0.15, 0.2) is 0 Å². The van der Waals surface area contributed by atoms with Gasteiger partial charge in [0.25, 0.3) is 0 Å². The number of hydrogen-bond donors (Lipinski definition) is 6. The predicted molar refractivity (Wildman–Crippen MR) is 98.8 cm³/mol. The molecular formula is C16H28N4O5S. The van der Waals surface area contributed by atoms with Crippen LogP contribution in [0.5, 0.6) is 0 Å². The topological polar surface area (TPSA) is 137 Å². The number of carboxylic acid groups (broad SMARTS) is 1. The minimum absolute atomic E-state index is 0.00369. The number of amides is 3. The maximum absolute atomic E-state index is 12.6. The van der Waals surface area contributed by atoms with Gasteiger partial charge in [0.1, 0.15) is 18.6 Å². The maximum Gasteiger partial charge on any atom is 0.322 e. The minimum atomic E-state index is -1.18. The number of carbonyl (C=O) groups excluding carboxylic acids is 3. The molecule has 148 valence electrons. The highest BCUT2D eigenvalue weighted by atomic mass is 32.1. The highest BCUT2D eigenvalue weighted by molar-refractivity contribution is 7.80. The molecule has 0 aromatic carbocycles. The molecule has 0 radical (unpaired) electrons. The summed E-state index contributed by atoms with van der Waals surface area (Å²) in [4.78, 5) is 47.4. The van der Waals surface area contributed by atoms with E-state index >= 15 is 0 Å². The van der Waals surface area contributed by atoms with Crippen LogP contribution in [-0.4, -0.2) is 65.8 Å². The Balaban J connectivity index is 2.68. The largest absolute Gasteiger partial charge is 0.480 e. The average Bonchev–Trinajstić information content (AvgIpc) is 3.10. The Kier molecular flexibility index (Phi) is 9.42. The highest BCUT2D eigenvalue weighted by Gasteiger charge is 2.30. The second kappa shape index (κ2) is 11.0. The van der Waals surface area contributed by atoms with Crippen LogP contribution in [0.1, 0.15) is 33.1 Å². The third-order valence-electron chi connectivity index (χ3n) is 3.95. The number of aliphatic carboxylic acids is 1. The van der Waals surface area contributed by atoms with Gasteiger partial charge in [-0.3, -0.25) is 19.2 Å². The van der Waals surface area contributed by atoms with Crippen LogP contribution in [0.25, 0.3) is 0 Å². The van der Waals surface area contributed by atoms with Crippen molar-refractivity contribution in [2.75, 3.05) is 18.8 Å². The van der Waals surface area contributed by atoms with E-state index in [-0.39, 0.29) is 23.6 Å².